The Morgan fingerprint density at radius 2 is 1.86 bits per heavy atom. The maximum Gasteiger partial charge on any atom is 0.0208 e. The number of allylic oxidation sites excluding steroid dienone is 1. The zero-order valence-corrected chi connectivity index (χ0v) is 9.30. The molecule has 0 fully saturated rings. The van der Waals surface area contributed by atoms with Gasteiger partial charge in [0.15, 0.2) is 0 Å². The van der Waals surface area contributed by atoms with Crippen LogP contribution in [0.25, 0.3) is 0 Å². The minimum atomic E-state index is 0.948. The highest BCUT2D eigenvalue weighted by atomic mass is 14.8. The van der Waals surface area contributed by atoms with Crippen molar-refractivity contribution >= 4 is 0 Å². The van der Waals surface area contributed by atoms with Gasteiger partial charge in [-0.2, -0.15) is 0 Å². The van der Waals surface area contributed by atoms with Gasteiger partial charge in [-0.1, -0.05) is 41.5 Å². The van der Waals surface area contributed by atoms with Gasteiger partial charge in [-0.15, -0.1) is 0 Å². The summed E-state index contributed by atoms with van der Waals surface area (Å²) in [7, 11) is 0. The van der Waals surface area contributed by atoms with Crippen LogP contribution in [0.15, 0.2) is 35.9 Å². The lowest BCUT2D eigenvalue weighted by Crippen LogP contribution is -2.12. The minimum absolute atomic E-state index is 0.948. The van der Waals surface area contributed by atoms with Gasteiger partial charge in [0.05, 0.1) is 0 Å². The summed E-state index contributed by atoms with van der Waals surface area (Å²) < 4.78 is 0. The Labute approximate surface area is 86.8 Å². The first-order valence-electron chi connectivity index (χ1n) is 5.08. The molecule has 0 aromatic heterocycles. The van der Waals surface area contributed by atoms with Crippen LogP contribution in [-0.2, 0) is 6.54 Å². The number of rotatable bonds is 4. The second kappa shape index (κ2) is 5.61. The molecule has 0 heterocycles. The molecule has 1 aromatic rings. The lowest BCUT2D eigenvalue weighted by Gasteiger charge is -2.02. The average Bonchev–Trinajstić information content (AvgIpc) is 2.15. The number of nitrogens with one attached hydrogen (secondary N) is 1. The largest absolute Gasteiger partial charge is 0.309 e. The number of aryl methyl sites for hydroxylation is 1. The molecule has 0 saturated heterocycles. The van der Waals surface area contributed by atoms with E-state index in [1.807, 2.05) is 0 Å². The van der Waals surface area contributed by atoms with E-state index in [0.717, 1.165) is 13.1 Å². The van der Waals surface area contributed by atoms with Crippen molar-refractivity contribution in [2.24, 2.45) is 0 Å². The monoisotopic (exact) mass is 189 g/mol. The van der Waals surface area contributed by atoms with Crippen molar-refractivity contribution in [1.82, 2.24) is 5.32 Å². The van der Waals surface area contributed by atoms with Gasteiger partial charge in [0.1, 0.15) is 0 Å². The third-order valence-electron chi connectivity index (χ3n) is 2.10. The van der Waals surface area contributed by atoms with E-state index >= 15 is 0 Å². The van der Waals surface area contributed by atoms with Crippen LogP contribution in [0, 0.1) is 6.92 Å². The molecular weight excluding hydrogens is 170 g/mol. The van der Waals surface area contributed by atoms with E-state index in [-0.39, 0.29) is 0 Å². The van der Waals surface area contributed by atoms with Crippen LogP contribution in [-0.4, -0.2) is 6.54 Å². The minimum Gasteiger partial charge on any atom is -0.309 e. The standard InChI is InChI=1S/C13H19N/c1-11(2)8-9-14-10-13-6-4-12(3)5-7-13/h4-8,14H,9-10H2,1-3H3. The lowest BCUT2D eigenvalue weighted by molar-refractivity contribution is 0.757. The number of benzene rings is 1. The highest BCUT2D eigenvalue weighted by Gasteiger charge is 1.90. The summed E-state index contributed by atoms with van der Waals surface area (Å²) in [4.78, 5) is 0. The van der Waals surface area contributed by atoms with Crippen molar-refractivity contribution in [3.63, 3.8) is 0 Å². The van der Waals surface area contributed by atoms with Crippen molar-refractivity contribution < 1.29 is 0 Å². The fourth-order valence-electron chi connectivity index (χ4n) is 1.20. The number of hydrogen-bond acceptors (Lipinski definition) is 1. The Morgan fingerprint density at radius 3 is 2.43 bits per heavy atom. The maximum absolute atomic E-state index is 3.38. The second-order valence-corrected chi connectivity index (χ2v) is 3.90. The van der Waals surface area contributed by atoms with E-state index in [1.54, 1.807) is 0 Å². The molecule has 1 heteroatoms. The van der Waals surface area contributed by atoms with E-state index < -0.39 is 0 Å². The molecule has 0 spiro atoms. The Morgan fingerprint density at radius 1 is 1.21 bits per heavy atom. The van der Waals surface area contributed by atoms with Crippen LogP contribution in [0.2, 0.25) is 0 Å². The van der Waals surface area contributed by atoms with Gasteiger partial charge >= 0.3 is 0 Å². The molecule has 0 amide bonds. The lowest BCUT2D eigenvalue weighted by atomic mass is 10.1. The molecule has 1 rings (SSSR count). The Balaban J connectivity index is 2.32. The van der Waals surface area contributed by atoms with E-state index in [4.69, 9.17) is 0 Å². The Hall–Kier alpha value is -1.08. The summed E-state index contributed by atoms with van der Waals surface area (Å²) in [5.74, 6) is 0. The molecule has 0 aliphatic heterocycles. The first kappa shape index (κ1) is 11.0. The first-order chi connectivity index (χ1) is 6.68. The molecule has 1 aromatic carbocycles. The quantitative estimate of drug-likeness (QED) is 0.567. The van der Waals surface area contributed by atoms with Crippen LogP contribution < -0.4 is 5.32 Å². The van der Waals surface area contributed by atoms with E-state index in [1.165, 1.54) is 16.7 Å². The van der Waals surface area contributed by atoms with Crippen molar-refractivity contribution in [3.8, 4) is 0 Å². The molecule has 1 N–H and O–H groups in total. The average molecular weight is 189 g/mol. The van der Waals surface area contributed by atoms with Crippen LogP contribution in [0.4, 0.5) is 0 Å². The van der Waals surface area contributed by atoms with Crippen LogP contribution in [0.1, 0.15) is 25.0 Å². The van der Waals surface area contributed by atoms with E-state index in [0.29, 0.717) is 0 Å². The van der Waals surface area contributed by atoms with Gasteiger partial charge in [-0.3, -0.25) is 0 Å². The summed E-state index contributed by atoms with van der Waals surface area (Å²) in [6, 6.07) is 8.64. The van der Waals surface area contributed by atoms with Gasteiger partial charge in [0.25, 0.3) is 0 Å². The highest BCUT2D eigenvalue weighted by Crippen LogP contribution is 2.02. The fourth-order valence-corrected chi connectivity index (χ4v) is 1.20. The van der Waals surface area contributed by atoms with Crippen molar-refractivity contribution in [3.05, 3.63) is 47.0 Å². The van der Waals surface area contributed by atoms with Crippen molar-refractivity contribution in [2.75, 3.05) is 6.54 Å². The normalized spacial score (nSPS) is 9.93. The summed E-state index contributed by atoms with van der Waals surface area (Å²) in [5, 5.41) is 3.38. The molecular formula is C13H19N. The van der Waals surface area contributed by atoms with Crippen LogP contribution in [0.5, 0.6) is 0 Å². The van der Waals surface area contributed by atoms with Crippen LogP contribution >= 0.6 is 0 Å². The Bertz CT molecular complexity index is 292. The summed E-state index contributed by atoms with van der Waals surface area (Å²) in [6.07, 6.45) is 2.20. The van der Waals surface area contributed by atoms with Gasteiger partial charge in [0.2, 0.25) is 0 Å². The predicted molar refractivity (Wildman–Crippen MR) is 62.3 cm³/mol. The first-order valence-corrected chi connectivity index (χ1v) is 5.08. The summed E-state index contributed by atoms with van der Waals surface area (Å²) in [5.41, 5.74) is 4.03. The molecule has 0 unspecified atom stereocenters. The zero-order valence-electron chi connectivity index (χ0n) is 9.30. The smallest absolute Gasteiger partial charge is 0.0208 e. The molecule has 0 aliphatic rings. The van der Waals surface area contributed by atoms with Crippen molar-refractivity contribution in [1.29, 1.82) is 0 Å². The molecule has 14 heavy (non-hydrogen) atoms. The van der Waals surface area contributed by atoms with E-state index in [9.17, 15) is 0 Å². The van der Waals surface area contributed by atoms with Gasteiger partial charge in [-0.05, 0) is 26.3 Å². The second-order valence-electron chi connectivity index (χ2n) is 3.90. The third-order valence-corrected chi connectivity index (χ3v) is 2.10. The molecule has 0 saturated carbocycles. The van der Waals surface area contributed by atoms with Crippen LogP contribution in [0.3, 0.4) is 0 Å². The Kier molecular flexibility index (Phi) is 4.41. The molecule has 76 valence electrons. The van der Waals surface area contributed by atoms with Gasteiger partial charge in [0, 0.05) is 13.1 Å². The summed E-state index contributed by atoms with van der Waals surface area (Å²) >= 11 is 0. The predicted octanol–water partition coefficient (Wildman–Crippen LogP) is 3.05. The maximum atomic E-state index is 3.38. The topological polar surface area (TPSA) is 12.0 Å². The SMILES string of the molecule is CC(C)=CCNCc1ccc(C)cc1. The zero-order chi connectivity index (χ0) is 10.4. The molecule has 0 aliphatic carbocycles. The fraction of sp³-hybridized carbons (Fsp3) is 0.385. The highest BCUT2D eigenvalue weighted by molar-refractivity contribution is 5.21. The molecule has 1 nitrogen and oxygen atoms in total. The van der Waals surface area contributed by atoms with E-state index in [2.05, 4.69) is 56.4 Å². The number of hydrogen-bond donors (Lipinski definition) is 1. The van der Waals surface area contributed by atoms with Gasteiger partial charge in [-0.25, -0.2) is 0 Å². The third kappa shape index (κ3) is 4.24. The molecule has 0 radical (unpaired) electrons. The molecule has 0 atom stereocenters. The summed E-state index contributed by atoms with van der Waals surface area (Å²) in [6.45, 7) is 8.25. The van der Waals surface area contributed by atoms with Crippen molar-refractivity contribution in [2.45, 2.75) is 27.3 Å². The van der Waals surface area contributed by atoms with Gasteiger partial charge < -0.3 is 5.32 Å². The molecule has 0 bridgehead atoms.